The number of nitrogens with one attached hydrogen (secondary N) is 1. The van der Waals surface area contributed by atoms with Crippen molar-refractivity contribution in [1.82, 2.24) is 10.3 Å². The third kappa shape index (κ3) is 2.72. The number of aromatic nitrogens is 1. The summed E-state index contributed by atoms with van der Waals surface area (Å²) < 4.78 is 22.9. The molecule has 2 rings (SSSR count). The number of morpholine rings is 1. The molecule has 96 valence electrons. The Balaban J connectivity index is 2.18. The second-order valence-electron chi connectivity index (χ2n) is 3.56. The monoisotopic (exact) mass is 255 g/mol. The van der Waals surface area contributed by atoms with Crippen LogP contribution < -0.4 is 15.8 Å². The predicted molar refractivity (Wildman–Crippen MR) is 56.1 cm³/mol. The van der Waals surface area contributed by atoms with Crippen LogP contribution in [0.1, 0.15) is 11.8 Å². The second kappa shape index (κ2) is 4.96. The quantitative estimate of drug-likeness (QED) is 0.765. The number of pyridine rings is 1. The summed E-state index contributed by atoms with van der Waals surface area (Å²) in [5.74, 6) is -1.37. The lowest BCUT2D eigenvalue weighted by molar-refractivity contribution is -0.133. The van der Waals surface area contributed by atoms with Crippen LogP contribution in [0.4, 0.5) is 9.18 Å². The van der Waals surface area contributed by atoms with Crippen LogP contribution in [0.5, 0.6) is 5.75 Å². The third-order valence-corrected chi connectivity index (χ3v) is 2.28. The maximum absolute atomic E-state index is 13.3. The number of carbonyl (C=O) groups excluding carboxylic acids is 2. The highest BCUT2D eigenvalue weighted by Gasteiger charge is 2.22. The molecule has 2 heterocycles. The zero-order chi connectivity index (χ0) is 13.1. The number of nitrogens with zero attached hydrogens (tertiary/aromatic N) is 1. The zero-order valence-corrected chi connectivity index (χ0v) is 9.18. The minimum Gasteiger partial charge on any atom is -0.407 e. The van der Waals surface area contributed by atoms with Crippen LogP contribution in [0.3, 0.4) is 0 Å². The molecule has 0 spiro atoms. The van der Waals surface area contributed by atoms with Crippen LogP contribution in [0.25, 0.3) is 0 Å². The predicted octanol–water partition coefficient (Wildman–Crippen LogP) is -0.134. The number of hydrogen-bond donors (Lipinski definition) is 2. The molecule has 1 saturated heterocycles. The Bertz CT molecular complexity index is 484. The van der Waals surface area contributed by atoms with Crippen molar-refractivity contribution in [2.45, 2.75) is 6.10 Å². The van der Waals surface area contributed by atoms with Crippen LogP contribution in [0.2, 0.25) is 0 Å². The molecule has 1 atom stereocenters. The van der Waals surface area contributed by atoms with E-state index < -0.39 is 18.0 Å². The van der Waals surface area contributed by atoms with Gasteiger partial charge in [0.05, 0.1) is 11.9 Å². The van der Waals surface area contributed by atoms with E-state index in [2.05, 4.69) is 15.0 Å². The molecule has 1 aromatic rings. The summed E-state index contributed by atoms with van der Waals surface area (Å²) in [5.41, 5.74) is 5.14. The molecule has 1 fully saturated rings. The van der Waals surface area contributed by atoms with Crippen molar-refractivity contribution >= 4 is 12.0 Å². The van der Waals surface area contributed by atoms with E-state index in [1.54, 1.807) is 0 Å². The van der Waals surface area contributed by atoms with Gasteiger partial charge in [0.25, 0.3) is 0 Å². The lowest BCUT2D eigenvalue weighted by Gasteiger charge is -2.22. The first-order valence-corrected chi connectivity index (χ1v) is 5.07. The first-order chi connectivity index (χ1) is 8.56. The molecule has 0 saturated carbocycles. The van der Waals surface area contributed by atoms with Gasteiger partial charge in [-0.1, -0.05) is 0 Å². The van der Waals surface area contributed by atoms with E-state index in [1.165, 1.54) is 6.07 Å². The summed E-state index contributed by atoms with van der Waals surface area (Å²) in [6.45, 7) is 0.114. The molecule has 3 N–H and O–H groups in total. The van der Waals surface area contributed by atoms with E-state index in [-0.39, 0.29) is 24.8 Å². The summed E-state index contributed by atoms with van der Waals surface area (Å²) >= 11 is 0. The van der Waals surface area contributed by atoms with Crippen molar-refractivity contribution in [3.05, 3.63) is 23.8 Å². The molecule has 8 heteroatoms. The van der Waals surface area contributed by atoms with Crippen LogP contribution in [-0.2, 0) is 9.53 Å². The highest BCUT2D eigenvalue weighted by Crippen LogP contribution is 2.23. The van der Waals surface area contributed by atoms with Gasteiger partial charge in [0.1, 0.15) is 12.7 Å². The highest BCUT2D eigenvalue weighted by molar-refractivity contribution is 5.77. The number of amides is 2. The van der Waals surface area contributed by atoms with Crippen molar-refractivity contribution in [2.75, 3.05) is 13.2 Å². The largest absolute Gasteiger partial charge is 0.410 e. The first-order valence-electron chi connectivity index (χ1n) is 5.07. The van der Waals surface area contributed by atoms with Gasteiger partial charge in [-0.05, 0) is 0 Å². The fraction of sp³-hybridized carbons (Fsp3) is 0.300. The number of ether oxygens (including phenoxy) is 2. The maximum atomic E-state index is 13.3. The molecule has 7 nitrogen and oxygen atoms in total. The van der Waals surface area contributed by atoms with E-state index in [9.17, 15) is 14.0 Å². The van der Waals surface area contributed by atoms with Gasteiger partial charge in [0, 0.05) is 12.6 Å². The van der Waals surface area contributed by atoms with Gasteiger partial charge in [-0.25, -0.2) is 9.18 Å². The standard InChI is InChI=1S/C10H10FN3O4/c11-5-2-13-6(1-7(5)18-10(12)16)8-3-14-9(15)4-17-8/h1-2,8H,3-4H2,(H2,12,16)(H,14,15). The van der Waals surface area contributed by atoms with Gasteiger partial charge in [0.15, 0.2) is 11.6 Å². The molecule has 0 bridgehead atoms. The molecule has 1 aliphatic rings. The van der Waals surface area contributed by atoms with E-state index in [4.69, 9.17) is 10.5 Å². The van der Waals surface area contributed by atoms with E-state index in [0.29, 0.717) is 5.69 Å². The molecule has 0 radical (unpaired) electrons. The lowest BCUT2D eigenvalue weighted by atomic mass is 10.2. The Kier molecular flexibility index (Phi) is 3.38. The Morgan fingerprint density at radius 3 is 3.06 bits per heavy atom. The minimum atomic E-state index is -1.12. The van der Waals surface area contributed by atoms with E-state index >= 15 is 0 Å². The second-order valence-corrected chi connectivity index (χ2v) is 3.56. The Hall–Kier alpha value is -2.22. The molecular formula is C10H10FN3O4. The SMILES string of the molecule is NC(=O)Oc1cc(C2CNC(=O)CO2)ncc1F. The number of hydrogen-bond acceptors (Lipinski definition) is 5. The summed E-state index contributed by atoms with van der Waals surface area (Å²) in [4.78, 5) is 25.3. The summed E-state index contributed by atoms with van der Waals surface area (Å²) in [5, 5.41) is 2.58. The van der Waals surface area contributed by atoms with Gasteiger partial charge < -0.3 is 20.5 Å². The van der Waals surface area contributed by atoms with Crippen LogP contribution in [0, 0.1) is 5.82 Å². The number of carbonyl (C=O) groups is 2. The van der Waals surface area contributed by atoms with Crippen LogP contribution in [0.15, 0.2) is 12.3 Å². The molecule has 1 aromatic heterocycles. The molecule has 18 heavy (non-hydrogen) atoms. The zero-order valence-electron chi connectivity index (χ0n) is 9.18. The topological polar surface area (TPSA) is 104 Å². The molecule has 0 aromatic carbocycles. The van der Waals surface area contributed by atoms with Gasteiger partial charge in [0.2, 0.25) is 5.91 Å². The maximum Gasteiger partial charge on any atom is 0.410 e. The van der Waals surface area contributed by atoms with Crippen molar-refractivity contribution < 1.29 is 23.5 Å². The minimum absolute atomic E-state index is 0.101. The van der Waals surface area contributed by atoms with Gasteiger partial charge in [-0.3, -0.25) is 9.78 Å². The normalized spacial score (nSPS) is 19.2. The summed E-state index contributed by atoms with van der Waals surface area (Å²) in [6, 6.07) is 1.21. The third-order valence-electron chi connectivity index (χ3n) is 2.28. The van der Waals surface area contributed by atoms with Gasteiger partial charge >= 0.3 is 6.09 Å². The first kappa shape index (κ1) is 12.2. The highest BCUT2D eigenvalue weighted by atomic mass is 19.1. The Labute approximate surface area is 101 Å². The average molecular weight is 255 g/mol. The lowest BCUT2D eigenvalue weighted by Crippen LogP contribution is -2.39. The summed E-state index contributed by atoms with van der Waals surface area (Å²) in [7, 11) is 0. The van der Waals surface area contributed by atoms with E-state index in [1.807, 2.05) is 0 Å². The molecule has 1 unspecified atom stereocenters. The molecule has 1 aliphatic heterocycles. The number of halogens is 1. The molecular weight excluding hydrogens is 245 g/mol. The van der Waals surface area contributed by atoms with Crippen LogP contribution >= 0.6 is 0 Å². The Morgan fingerprint density at radius 1 is 1.67 bits per heavy atom. The Morgan fingerprint density at radius 2 is 2.44 bits per heavy atom. The summed E-state index contributed by atoms with van der Waals surface area (Å²) in [6.07, 6.45) is -0.740. The van der Waals surface area contributed by atoms with E-state index in [0.717, 1.165) is 6.20 Å². The molecule has 0 aliphatic carbocycles. The number of nitrogens with two attached hydrogens (primary N) is 1. The smallest absolute Gasteiger partial charge is 0.407 e. The molecule has 2 amide bonds. The fourth-order valence-electron chi connectivity index (χ4n) is 1.48. The number of primary amides is 1. The van der Waals surface area contributed by atoms with Crippen molar-refractivity contribution in [2.24, 2.45) is 5.73 Å². The van der Waals surface area contributed by atoms with Crippen molar-refractivity contribution in [3.8, 4) is 5.75 Å². The fourth-order valence-corrected chi connectivity index (χ4v) is 1.48. The number of rotatable bonds is 2. The van der Waals surface area contributed by atoms with Crippen LogP contribution in [-0.4, -0.2) is 30.1 Å². The van der Waals surface area contributed by atoms with Crippen molar-refractivity contribution in [3.63, 3.8) is 0 Å². The van der Waals surface area contributed by atoms with Gasteiger partial charge in [-0.15, -0.1) is 0 Å². The van der Waals surface area contributed by atoms with Crippen molar-refractivity contribution in [1.29, 1.82) is 0 Å². The van der Waals surface area contributed by atoms with Gasteiger partial charge in [-0.2, -0.15) is 0 Å². The average Bonchev–Trinajstić information content (AvgIpc) is 2.32.